The molecule has 2 fully saturated rings. The van der Waals surface area contributed by atoms with Crippen molar-refractivity contribution in [2.75, 3.05) is 49.9 Å². The van der Waals surface area contributed by atoms with Crippen molar-refractivity contribution in [3.8, 4) is 0 Å². The van der Waals surface area contributed by atoms with E-state index in [1.165, 1.54) is 19.3 Å². The van der Waals surface area contributed by atoms with E-state index in [1.54, 1.807) is 12.1 Å². The molecule has 0 bridgehead atoms. The summed E-state index contributed by atoms with van der Waals surface area (Å²) in [6, 6.07) is 16.0. The van der Waals surface area contributed by atoms with Crippen LogP contribution in [0.25, 0.3) is 0 Å². The molecule has 4 rings (SSSR count). The number of anilines is 2. The molecule has 1 saturated heterocycles. The molecule has 4 N–H and O–H groups in total. The van der Waals surface area contributed by atoms with Crippen LogP contribution in [-0.2, 0) is 16.6 Å². The summed E-state index contributed by atoms with van der Waals surface area (Å²) in [7, 11) is -3.58. The van der Waals surface area contributed by atoms with Crippen LogP contribution in [0.5, 0.6) is 0 Å². The third-order valence-electron chi connectivity index (χ3n) is 6.52. The van der Waals surface area contributed by atoms with Gasteiger partial charge < -0.3 is 16.0 Å². The molecule has 0 atom stereocenters. The summed E-state index contributed by atoms with van der Waals surface area (Å²) < 4.78 is 28.8. The van der Waals surface area contributed by atoms with E-state index in [0.29, 0.717) is 24.0 Å². The van der Waals surface area contributed by atoms with Crippen LogP contribution in [0.3, 0.4) is 0 Å². The summed E-state index contributed by atoms with van der Waals surface area (Å²) in [4.78, 5) is 2.58. The smallest absolute Gasteiger partial charge is 0.240 e. The molecule has 1 saturated carbocycles. The SMILES string of the molecule is Cl.O=S(=O)(NCCN1CCNCC1)c1ccc(NC2CCCCC2)c(NCc2ccccc2)c1. The Hall–Kier alpha value is -1.84. The van der Waals surface area contributed by atoms with Gasteiger partial charge in [-0.15, -0.1) is 12.4 Å². The molecule has 9 heteroatoms. The standard InChI is InChI=1S/C25H37N5O2S.ClH/c31-33(32,28-15-18-30-16-13-26-14-17-30)23-11-12-24(29-22-9-5-2-6-10-22)25(19-23)27-20-21-7-3-1-4-8-21;/h1,3-4,7-8,11-12,19,22,26-29H,2,5-6,9-10,13-18,20H2;1H. The quantitative estimate of drug-likeness (QED) is 0.393. The average molecular weight is 508 g/mol. The molecule has 1 heterocycles. The molecule has 0 amide bonds. The molecular formula is C25H38ClN5O2S. The Morgan fingerprint density at radius 3 is 2.41 bits per heavy atom. The van der Waals surface area contributed by atoms with Gasteiger partial charge in [-0.3, -0.25) is 4.90 Å². The van der Waals surface area contributed by atoms with Gasteiger partial charge in [-0.2, -0.15) is 0 Å². The van der Waals surface area contributed by atoms with Crippen LogP contribution >= 0.6 is 12.4 Å². The van der Waals surface area contributed by atoms with Crippen LogP contribution < -0.4 is 20.7 Å². The van der Waals surface area contributed by atoms with Crippen LogP contribution in [0.1, 0.15) is 37.7 Å². The van der Waals surface area contributed by atoms with Crippen LogP contribution in [0, 0.1) is 0 Å². The highest BCUT2D eigenvalue weighted by molar-refractivity contribution is 7.89. The van der Waals surface area contributed by atoms with E-state index in [4.69, 9.17) is 0 Å². The van der Waals surface area contributed by atoms with Crippen molar-refractivity contribution in [3.05, 3.63) is 54.1 Å². The Morgan fingerprint density at radius 1 is 0.941 bits per heavy atom. The lowest BCUT2D eigenvalue weighted by atomic mass is 9.95. The number of nitrogens with one attached hydrogen (secondary N) is 4. The van der Waals surface area contributed by atoms with E-state index in [1.807, 2.05) is 24.3 Å². The van der Waals surface area contributed by atoms with Gasteiger partial charge in [-0.05, 0) is 36.6 Å². The highest BCUT2D eigenvalue weighted by Gasteiger charge is 2.19. The lowest BCUT2D eigenvalue weighted by Crippen LogP contribution is -2.46. The Morgan fingerprint density at radius 2 is 1.68 bits per heavy atom. The van der Waals surface area contributed by atoms with Crippen molar-refractivity contribution in [2.24, 2.45) is 0 Å². The van der Waals surface area contributed by atoms with Gasteiger partial charge in [0.1, 0.15) is 0 Å². The number of piperazine rings is 1. The first-order chi connectivity index (χ1) is 16.1. The molecule has 0 spiro atoms. The fourth-order valence-electron chi connectivity index (χ4n) is 4.58. The first kappa shape index (κ1) is 26.8. The third kappa shape index (κ3) is 7.85. The van der Waals surface area contributed by atoms with Crippen molar-refractivity contribution in [1.29, 1.82) is 0 Å². The van der Waals surface area contributed by atoms with Gasteiger partial charge in [-0.1, -0.05) is 49.6 Å². The minimum atomic E-state index is -3.58. The minimum absolute atomic E-state index is 0. The van der Waals surface area contributed by atoms with Gasteiger partial charge in [0.25, 0.3) is 0 Å². The molecule has 0 aromatic heterocycles. The zero-order chi connectivity index (χ0) is 22.9. The lowest BCUT2D eigenvalue weighted by molar-refractivity contribution is 0.245. The van der Waals surface area contributed by atoms with E-state index in [-0.39, 0.29) is 12.4 Å². The van der Waals surface area contributed by atoms with Gasteiger partial charge in [-0.25, -0.2) is 13.1 Å². The maximum atomic E-state index is 13.0. The van der Waals surface area contributed by atoms with Crippen LogP contribution in [0.2, 0.25) is 0 Å². The van der Waals surface area contributed by atoms with E-state index in [2.05, 4.69) is 37.7 Å². The van der Waals surface area contributed by atoms with Gasteiger partial charge in [0.15, 0.2) is 0 Å². The fourth-order valence-corrected chi connectivity index (χ4v) is 5.63. The van der Waals surface area contributed by atoms with Gasteiger partial charge in [0, 0.05) is 51.9 Å². The van der Waals surface area contributed by atoms with Crippen LogP contribution in [0.15, 0.2) is 53.4 Å². The molecule has 0 unspecified atom stereocenters. The number of hydrogen-bond acceptors (Lipinski definition) is 6. The molecule has 1 aliphatic heterocycles. The fraction of sp³-hybridized carbons (Fsp3) is 0.520. The second kappa shape index (κ2) is 13.3. The van der Waals surface area contributed by atoms with Crippen LogP contribution in [-0.4, -0.2) is 58.6 Å². The molecule has 188 valence electrons. The minimum Gasteiger partial charge on any atom is -0.381 e. The highest BCUT2D eigenvalue weighted by atomic mass is 35.5. The van der Waals surface area contributed by atoms with Gasteiger partial charge in [0.05, 0.1) is 16.3 Å². The summed E-state index contributed by atoms with van der Waals surface area (Å²) in [5.74, 6) is 0. The molecule has 7 nitrogen and oxygen atoms in total. The third-order valence-corrected chi connectivity index (χ3v) is 7.98. The van der Waals surface area contributed by atoms with Gasteiger partial charge in [0.2, 0.25) is 10.0 Å². The first-order valence-corrected chi connectivity index (χ1v) is 13.7. The molecular weight excluding hydrogens is 470 g/mol. The molecule has 0 radical (unpaired) electrons. The lowest BCUT2D eigenvalue weighted by Gasteiger charge is -2.27. The number of rotatable bonds is 10. The van der Waals surface area contributed by atoms with E-state index in [9.17, 15) is 8.42 Å². The maximum Gasteiger partial charge on any atom is 0.240 e. The topological polar surface area (TPSA) is 85.5 Å². The number of nitrogens with zero attached hydrogens (tertiary/aromatic N) is 1. The van der Waals surface area contributed by atoms with Crippen LogP contribution in [0.4, 0.5) is 11.4 Å². The Kier molecular flexibility index (Phi) is 10.5. The molecule has 2 aliphatic rings. The summed E-state index contributed by atoms with van der Waals surface area (Å²) in [6.07, 6.45) is 6.10. The van der Waals surface area contributed by atoms with Crippen molar-refractivity contribution >= 4 is 33.8 Å². The van der Waals surface area contributed by atoms with E-state index in [0.717, 1.165) is 62.5 Å². The number of halogens is 1. The van der Waals surface area contributed by atoms with Crippen molar-refractivity contribution in [3.63, 3.8) is 0 Å². The Labute approximate surface area is 210 Å². The summed E-state index contributed by atoms with van der Waals surface area (Å²) >= 11 is 0. The van der Waals surface area contributed by atoms with E-state index >= 15 is 0 Å². The number of benzene rings is 2. The summed E-state index contributed by atoms with van der Waals surface area (Å²) in [5.41, 5.74) is 2.95. The summed E-state index contributed by atoms with van der Waals surface area (Å²) in [5, 5.41) is 10.4. The van der Waals surface area contributed by atoms with Crippen molar-refractivity contribution < 1.29 is 8.42 Å². The van der Waals surface area contributed by atoms with Crippen molar-refractivity contribution in [1.82, 2.24) is 14.9 Å². The van der Waals surface area contributed by atoms with E-state index < -0.39 is 10.0 Å². The summed E-state index contributed by atoms with van der Waals surface area (Å²) in [6.45, 7) is 5.60. The average Bonchev–Trinajstić information content (AvgIpc) is 2.85. The normalized spacial score (nSPS) is 17.6. The Balaban J connectivity index is 0.00000324. The van der Waals surface area contributed by atoms with Gasteiger partial charge >= 0.3 is 0 Å². The highest BCUT2D eigenvalue weighted by Crippen LogP contribution is 2.29. The largest absolute Gasteiger partial charge is 0.381 e. The molecule has 2 aromatic rings. The number of sulfonamides is 1. The monoisotopic (exact) mass is 507 g/mol. The first-order valence-electron chi connectivity index (χ1n) is 12.2. The second-order valence-electron chi connectivity index (χ2n) is 9.02. The second-order valence-corrected chi connectivity index (χ2v) is 10.8. The predicted octanol–water partition coefficient (Wildman–Crippen LogP) is 3.65. The number of hydrogen-bond donors (Lipinski definition) is 4. The predicted molar refractivity (Wildman–Crippen MR) is 142 cm³/mol. The molecule has 1 aliphatic carbocycles. The van der Waals surface area contributed by atoms with Crippen molar-refractivity contribution in [2.45, 2.75) is 49.6 Å². The zero-order valence-corrected chi connectivity index (χ0v) is 21.4. The Bertz CT molecular complexity index is 978. The molecule has 34 heavy (non-hydrogen) atoms. The zero-order valence-electron chi connectivity index (χ0n) is 19.8. The maximum absolute atomic E-state index is 13.0. The molecule has 2 aromatic carbocycles.